The predicted octanol–water partition coefficient (Wildman–Crippen LogP) is 31.0. The van der Waals surface area contributed by atoms with E-state index in [0.29, 0.717) is 0 Å². The molecule has 0 saturated heterocycles. The number of hydrogen-bond acceptors (Lipinski definition) is 0. The first-order valence-electron chi connectivity index (χ1n) is 43.7. The van der Waals surface area contributed by atoms with Crippen molar-refractivity contribution in [3.8, 4) is 89.0 Å². The highest BCUT2D eigenvalue weighted by Gasteiger charge is 2.57. The number of hydrogen-bond donors (Lipinski definition) is 0. The zero-order valence-electron chi connectivity index (χ0n) is 67.9. The highest BCUT2D eigenvalue weighted by Crippen LogP contribution is 2.69. The lowest BCUT2D eigenvalue weighted by molar-refractivity contribution is 0.794. The summed E-state index contributed by atoms with van der Waals surface area (Å²) in [6, 6.07) is 171. The molecule has 30 rings (SSSR count). The Bertz CT molecular complexity index is 7890. The number of fused-ring (bicyclic) bond motifs is 50. The SMILES string of the molecule is c1ccc2c(c1)-c1c(ccc3ccccc13)C21c2ccccc2-c2c1ccc1ccccc21.c1ccc2c(c1)-c1cc3ccccc3cc1C21c2ccccc2-c2c1ccc1ccccc21.c1ccc2c(c1)-c1ccccc1C21c2ccccc2-c2c1ccc1ccccc21.c1ccc2c(c1)-c1ccccc1C21c2ccccc2-c2cc3ccccc3cc21. The predicted molar refractivity (Wildman–Crippen MR) is 516 cm³/mol. The minimum Gasteiger partial charge on any atom is -0.0619 e. The molecule has 0 radical (unpaired) electrons. The van der Waals surface area contributed by atoms with E-state index in [0.717, 1.165) is 0 Å². The molecule has 0 fully saturated rings. The van der Waals surface area contributed by atoms with Gasteiger partial charge >= 0.3 is 0 Å². The van der Waals surface area contributed by atoms with Gasteiger partial charge in [-0.2, -0.15) is 0 Å². The molecule has 0 nitrogen and oxygen atoms in total. The van der Waals surface area contributed by atoms with Gasteiger partial charge in [-0.1, -0.05) is 437 Å². The van der Waals surface area contributed by atoms with Crippen molar-refractivity contribution in [1.29, 1.82) is 0 Å². The summed E-state index contributed by atoms with van der Waals surface area (Å²) in [5, 5.41) is 15.8. The summed E-state index contributed by atoms with van der Waals surface area (Å²) in [7, 11) is 0. The van der Waals surface area contributed by atoms with Gasteiger partial charge in [-0.25, -0.2) is 0 Å². The molecule has 0 saturated carbocycles. The molecule has 572 valence electrons. The molecular weight excluding hydrogens is 1490 g/mol. The van der Waals surface area contributed by atoms with Crippen molar-refractivity contribution in [3.63, 3.8) is 0 Å². The van der Waals surface area contributed by atoms with Crippen LogP contribution in [0.5, 0.6) is 0 Å². The maximum Gasteiger partial charge on any atom is 0.0725 e. The Morgan fingerprint density at radius 1 is 0.0968 bits per heavy atom. The van der Waals surface area contributed by atoms with Crippen LogP contribution in [0.1, 0.15) is 89.0 Å². The van der Waals surface area contributed by atoms with Gasteiger partial charge < -0.3 is 0 Å². The molecule has 0 amide bonds. The average molecular weight is 1570 g/mol. The van der Waals surface area contributed by atoms with Gasteiger partial charge in [0.25, 0.3) is 0 Å². The van der Waals surface area contributed by atoms with Crippen LogP contribution in [-0.2, 0) is 21.7 Å². The second-order valence-electron chi connectivity index (χ2n) is 34.8. The maximum absolute atomic E-state index is 2.45. The third kappa shape index (κ3) is 8.90. The summed E-state index contributed by atoms with van der Waals surface area (Å²) >= 11 is 0. The Labute approximate surface area is 720 Å². The van der Waals surface area contributed by atoms with E-state index in [9.17, 15) is 0 Å². The van der Waals surface area contributed by atoms with Gasteiger partial charge in [-0.05, 0) is 267 Å². The number of benzene rings is 22. The highest BCUT2D eigenvalue weighted by atomic mass is 14.6. The molecule has 0 aromatic heterocycles. The first kappa shape index (κ1) is 69.2. The van der Waals surface area contributed by atoms with Crippen LogP contribution in [0.2, 0.25) is 0 Å². The Hall–Kier alpha value is -15.6. The van der Waals surface area contributed by atoms with Crippen molar-refractivity contribution in [2.45, 2.75) is 21.7 Å². The fraction of sp³-hybridized carbons (Fsp3) is 0.0323. The lowest BCUT2D eigenvalue weighted by Gasteiger charge is -2.30. The molecule has 0 N–H and O–H groups in total. The molecule has 1 unspecified atom stereocenters. The summed E-state index contributed by atoms with van der Waals surface area (Å²) in [4.78, 5) is 0. The van der Waals surface area contributed by atoms with Crippen LogP contribution in [0.4, 0.5) is 0 Å². The van der Waals surface area contributed by atoms with E-state index in [4.69, 9.17) is 0 Å². The quantitative estimate of drug-likeness (QED) is 0.142. The normalized spacial score (nSPS) is 15.2. The van der Waals surface area contributed by atoms with Gasteiger partial charge in [0.15, 0.2) is 0 Å². The van der Waals surface area contributed by atoms with E-state index in [1.165, 1.54) is 243 Å². The molecular formula is C124H76. The Balaban J connectivity index is 0.0000000866. The van der Waals surface area contributed by atoms with Gasteiger partial charge in [0, 0.05) is 0 Å². The van der Waals surface area contributed by atoms with Crippen LogP contribution < -0.4 is 0 Å². The Morgan fingerprint density at radius 3 is 0.508 bits per heavy atom. The zero-order valence-corrected chi connectivity index (χ0v) is 67.9. The molecule has 22 aromatic carbocycles. The summed E-state index contributed by atoms with van der Waals surface area (Å²) in [6.45, 7) is 0. The van der Waals surface area contributed by atoms with E-state index < -0.39 is 0 Å². The van der Waals surface area contributed by atoms with Crippen LogP contribution >= 0.6 is 0 Å². The first-order valence-corrected chi connectivity index (χ1v) is 43.7. The topological polar surface area (TPSA) is 0 Å². The van der Waals surface area contributed by atoms with Crippen LogP contribution in [0.15, 0.2) is 461 Å². The minimum absolute atomic E-state index is 0.233. The maximum atomic E-state index is 2.45. The Morgan fingerprint density at radius 2 is 0.258 bits per heavy atom. The van der Waals surface area contributed by atoms with E-state index in [1.54, 1.807) is 0 Å². The van der Waals surface area contributed by atoms with Gasteiger partial charge in [0.2, 0.25) is 0 Å². The summed E-state index contributed by atoms with van der Waals surface area (Å²) in [5.74, 6) is 0. The smallest absolute Gasteiger partial charge is 0.0619 e. The van der Waals surface area contributed by atoms with Crippen molar-refractivity contribution in [1.82, 2.24) is 0 Å². The van der Waals surface area contributed by atoms with Crippen molar-refractivity contribution < 1.29 is 0 Å². The van der Waals surface area contributed by atoms with E-state index >= 15 is 0 Å². The van der Waals surface area contributed by atoms with Gasteiger partial charge in [-0.3, -0.25) is 0 Å². The van der Waals surface area contributed by atoms with Crippen molar-refractivity contribution in [3.05, 3.63) is 550 Å². The van der Waals surface area contributed by atoms with Gasteiger partial charge in [0.1, 0.15) is 0 Å². The monoisotopic (exact) mass is 1560 g/mol. The molecule has 0 heteroatoms. The molecule has 22 aromatic rings. The van der Waals surface area contributed by atoms with E-state index in [-0.39, 0.29) is 21.7 Å². The third-order valence-corrected chi connectivity index (χ3v) is 29.5. The zero-order chi connectivity index (χ0) is 81.1. The fourth-order valence-corrected chi connectivity index (χ4v) is 24.9. The Kier molecular flexibility index (Phi) is 14.5. The van der Waals surface area contributed by atoms with Gasteiger partial charge in [-0.15, -0.1) is 0 Å². The second-order valence-corrected chi connectivity index (χ2v) is 34.8. The van der Waals surface area contributed by atoms with E-state index in [2.05, 4.69) is 461 Å². The van der Waals surface area contributed by atoms with Crippen LogP contribution in [0.3, 0.4) is 0 Å². The van der Waals surface area contributed by atoms with Crippen LogP contribution in [0.25, 0.3) is 154 Å². The lowest BCUT2D eigenvalue weighted by atomic mass is 9.70. The molecule has 124 heavy (non-hydrogen) atoms. The summed E-state index contributed by atoms with van der Waals surface area (Å²) < 4.78 is 0. The standard InChI is InChI=1S/2C33H20.2C29H18/c1-3-11-23-21(9-1)17-19-29-31(23)25-13-5-7-15-27(25)33(29)28-16-8-6-14-26(28)32-24-12-4-2-10-22(24)18-20-30(32)33;1-2-11-23-20-31-27(19-22(23)10-1)25-13-5-7-15-28(25)33(31)29-16-8-6-14-26(29)32-24-12-4-3-9-21(24)17-18-30(32)33;1-2-10-20-18-28-24(17-19(20)9-1)23-13-5-8-16-27(23)29(28)25-14-6-3-11-21(25)22-12-4-7-15-26(22)29;1-2-10-20-19(9-1)17-18-27-28(20)23-13-5-8-16-26(23)29(27)24-14-6-3-11-21(24)22-12-4-7-15-25(22)29/h2*1-20H;2*1-18H. The molecule has 4 spiro atoms. The minimum atomic E-state index is -0.286. The molecule has 8 aliphatic rings. The molecule has 1 atom stereocenters. The molecule has 0 heterocycles. The average Bonchev–Trinajstić information content (AvgIpc) is 1.60. The van der Waals surface area contributed by atoms with Gasteiger partial charge in [0.05, 0.1) is 21.7 Å². The highest BCUT2D eigenvalue weighted by molar-refractivity contribution is 6.13. The molecule has 0 bridgehead atoms. The summed E-state index contributed by atoms with van der Waals surface area (Å²) in [6.07, 6.45) is 0. The van der Waals surface area contributed by atoms with Crippen molar-refractivity contribution in [2.75, 3.05) is 0 Å². The van der Waals surface area contributed by atoms with E-state index in [1.807, 2.05) is 0 Å². The first-order chi connectivity index (χ1) is 61.5. The second kappa shape index (κ2) is 26.0. The van der Waals surface area contributed by atoms with Crippen LogP contribution in [-0.4, -0.2) is 0 Å². The molecule has 0 aliphatic heterocycles. The lowest BCUT2D eigenvalue weighted by Crippen LogP contribution is -2.25. The van der Waals surface area contributed by atoms with Crippen molar-refractivity contribution in [2.24, 2.45) is 0 Å². The molecule has 8 aliphatic carbocycles. The summed E-state index contributed by atoms with van der Waals surface area (Å²) in [5.41, 5.74) is 43.3. The van der Waals surface area contributed by atoms with Crippen LogP contribution in [0, 0.1) is 0 Å². The number of rotatable bonds is 0. The fourth-order valence-electron chi connectivity index (χ4n) is 24.9. The third-order valence-electron chi connectivity index (χ3n) is 29.5. The largest absolute Gasteiger partial charge is 0.0725 e. The van der Waals surface area contributed by atoms with Crippen molar-refractivity contribution >= 4 is 64.6 Å².